The van der Waals surface area contributed by atoms with E-state index < -0.39 is 0 Å². The lowest BCUT2D eigenvalue weighted by Crippen LogP contribution is -2.31. The fraction of sp³-hybridized carbons (Fsp3) is 0.227. The van der Waals surface area contributed by atoms with Crippen molar-refractivity contribution in [2.45, 2.75) is 37.1 Å². The van der Waals surface area contributed by atoms with E-state index >= 15 is 0 Å². The molecule has 2 aromatic carbocycles. The van der Waals surface area contributed by atoms with Crippen molar-refractivity contribution >= 4 is 23.5 Å². The van der Waals surface area contributed by atoms with Gasteiger partial charge < -0.3 is 10.3 Å². The van der Waals surface area contributed by atoms with Crippen LogP contribution in [-0.4, -0.2) is 15.9 Å². The number of amides is 1. The first-order valence-corrected chi connectivity index (χ1v) is 10.2. The zero-order valence-electron chi connectivity index (χ0n) is 15.8. The first-order chi connectivity index (χ1) is 13.5. The standard InChI is InChI=1S/C22H21N3O2S/c1-13-8-9-16(14(2)10-13)17-11-18(26)23-20-19(17)21(27)25-22(24-20)28-12-15-6-4-3-5-7-15/h3-10,17H,11-12H2,1-2H3,(H2,23,24,25,26,27)/t17-/m0/s1. The normalized spacial score (nSPS) is 15.8. The molecule has 0 saturated carbocycles. The van der Waals surface area contributed by atoms with Gasteiger partial charge in [-0.15, -0.1) is 0 Å². The number of carbonyl (C=O) groups excluding carboxylic acids is 1. The maximum atomic E-state index is 12.9. The van der Waals surface area contributed by atoms with Crippen LogP contribution in [-0.2, 0) is 10.5 Å². The van der Waals surface area contributed by atoms with E-state index in [1.54, 1.807) is 0 Å². The average Bonchev–Trinajstić information content (AvgIpc) is 2.66. The number of nitrogens with one attached hydrogen (secondary N) is 2. The Morgan fingerprint density at radius 1 is 1.11 bits per heavy atom. The van der Waals surface area contributed by atoms with Crippen molar-refractivity contribution in [2.24, 2.45) is 0 Å². The highest BCUT2D eigenvalue weighted by Gasteiger charge is 2.31. The maximum absolute atomic E-state index is 12.9. The molecule has 1 atom stereocenters. The summed E-state index contributed by atoms with van der Waals surface area (Å²) in [6.45, 7) is 4.04. The minimum absolute atomic E-state index is 0.116. The number of aryl methyl sites for hydroxylation is 2. The molecule has 5 nitrogen and oxygen atoms in total. The van der Waals surface area contributed by atoms with Gasteiger partial charge >= 0.3 is 0 Å². The number of carbonyl (C=O) groups is 1. The molecule has 0 bridgehead atoms. The average molecular weight is 391 g/mol. The molecular formula is C22H21N3O2S. The molecule has 0 radical (unpaired) electrons. The van der Waals surface area contributed by atoms with Crippen molar-refractivity contribution in [1.82, 2.24) is 9.97 Å². The number of aromatic amines is 1. The van der Waals surface area contributed by atoms with Crippen LogP contribution in [0.2, 0.25) is 0 Å². The number of aromatic nitrogens is 2. The van der Waals surface area contributed by atoms with Crippen molar-refractivity contribution in [1.29, 1.82) is 0 Å². The Hall–Kier alpha value is -2.86. The van der Waals surface area contributed by atoms with Crippen LogP contribution in [0.15, 0.2) is 58.5 Å². The number of hydrogen-bond donors (Lipinski definition) is 2. The summed E-state index contributed by atoms with van der Waals surface area (Å²) < 4.78 is 0. The van der Waals surface area contributed by atoms with E-state index in [1.165, 1.54) is 11.8 Å². The zero-order valence-corrected chi connectivity index (χ0v) is 16.6. The van der Waals surface area contributed by atoms with Gasteiger partial charge in [-0.2, -0.15) is 0 Å². The molecule has 142 valence electrons. The number of rotatable bonds is 4. The Morgan fingerprint density at radius 3 is 2.64 bits per heavy atom. The Labute approximate surface area is 167 Å². The van der Waals surface area contributed by atoms with Crippen molar-refractivity contribution in [3.05, 3.63) is 86.7 Å². The second-order valence-electron chi connectivity index (χ2n) is 7.07. The molecule has 1 aromatic heterocycles. The van der Waals surface area contributed by atoms with Gasteiger partial charge in [0, 0.05) is 18.1 Å². The molecule has 4 rings (SSSR count). The van der Waals surface area contributed by atoms with E-state index in [0.29, 0.717) is 22.3 Å². The third-order valence-corrected chi connectivity index (χ3v) is 5.89. The van der Waals surface area contributed by atoms with E-state index in [-0.39, 0.29) is 23.8 Å². The second kappa shape index (κ2) is 7.64. The Bertz CT molecular complexity index is 1090. The predicted octanol–water partition coefficient (Wildman–Crippen LogP) is 4.15. The topological polar surface area (TPSA) is 74.8 Å². The quantitative estimate of drug-likeness (QED) is 0.517. The summed E-state index contributed by atoms with van der Waals surface area (Å²) in [5.74, 6) is 0.667. The summed E-state index contributed by atoms with van der Waals surface area (Å²) in [5.41, 5.74) is 4.72. The number of nitrogens with zero attached hydrogens (tertiary/aromatic N) is 1. The Morgan fingerprint density at radius 2 is 1.89 bits per heavy atom. The van der Waals surface area contributed by atoms with Crippen LogP contribution in [0.25, 0.3) is 0 Å². The number of anilines is 1. The minimum atomic E-state index is -0.284. The van der Waals surface area contributed by atoms with Gasteiger partial charge in [-0.05, 0) is 30.5 Å². The van der Waals surface area contributed by atoms with Crippen molar-refractivity contribution in [3.63, 3.8) is 0 Å². The Kier molecular flexibility index (Phi) is 5.05. The maximum Gasteiger partial charge on any atom is 0.257 e. The van der Waals surface area contributed by atoms with Crippen LogP contribution in [0.3, 0.4) is 0 Å². The van der Waals surface area contributed by atoms with Crippen molar-refractivity contribution < 1.29 is 4.79 Å². The molecule has 1 aliphatic rings. The molecule has 28 heavy (non-hydrogen) atoms. The fourth-order valence-electron chi connectivity index (χ4n) is 3.63. The summed E-state index contributed by atoms with van der Waals surface area (Å²) in [6.07, 6.45) is 0.248. The number of hydrogen-bond acceptors (Lipinski definition) is 4. The summed E-state index contributed by atoms with van der Waals surface area (Å²) in [5, 5.41) is 3.29. The third-order valence-electron chi connectivity index (χ3n) is 4.95. The van der Waals surface area contributed by atoms with Crippen LogP contribution in [0.5, 0.6) is 0 Å². The van der Waals surface area contributed by atoms with Gasteiger partial charge in [0.05, 0.1) is 5.56 Å². The fourth-order valence-corrected chi connectivity index (χ4v) is 4.44. The van der Waals surface area contributed by atoms with Crippen LogP contribution in [0.4, 0.5) is 5.82 Å². The molecule has 0 spiro atoms. The van der Waals surface area contributed by atoms with Gasteiger partial charge in [-0.3, -0.25) is 9.59 Å². The van der Waals surface area contributed by atoms with Gasteiger partial charge in [0.1, 0.15) is 5.82 Å². The largest absolute Gasteiger partial charge is 0.310 e. The molecule has 6 heteroatoms. The lowest BCUT2D eigenvalue weighted by molar-refractivity contribution is -0.116. The van der Waals surface area contributed by atoms with Crippen LogP contribution in [0.1, 0.15) is 40.2 Å². The van der Waals surface area contributed by atoms with Gasteiger partial charge in [-0.1, -0.05) is 65.9 Å². The van der Waals surface area contributed by atoms with E-state index in [4.69, 9.17) is 0 Å². The summed E-state index contributed by atoms with van der Waals surface area (Å²) in [6, 6.07) is 16.1. The number of H-pyrrole nitrogens is 1. The lowest BCUT2D eigenvalue weighted by Gasteiger charge is -2.25. The first kappa shape index (κ1) is 18.5. The second-order valence-corrected chi connectivity index (χ2v) is 8.04. The molecule has 0 fully saturated rings. The number of thioether (sulfide) groups is 1. The molecule has 0 saturated heterocycles. The first-order valence-electron chi connectivity index (χ1n) is 9.19. The van der Waals surface area contributed by atoms with Crippen molar-refractivity contribution in [3.8, 4) is 0 Å². The molecule has 2 heterocycles. The molecule has 2 N–H and O–H groups in total. The highest BCUT2D eigenvalue weighted by molar-refractivity contribution is 7.98. The van der Waals surface area contributed by atoms with Crippen molar-refractivity contribution in [2.75, 3.05) is 5.32 Å². The summed E-state index contributed by atoms with van der Waals surface area (Å²) in [4.78, 5) is 32.7. The van der Waals surface area contributed by atoms with Gasteiger partial charge in [0.25, 0.3) is 5.56 Å². The SMILES string of the molecule is Cc1ccc([C@@H]2CC(=O)Nc3nc(SCc4ccccc4)[nH]c(=O)c32)c(C)c1. The van der Waals surface area contributed by atoms with Crippen LogP contribution in [0, 0.1) is 13.8 Å². The highest BCUT2D eigenvalue weighted by Crippen LogP contribution is 2.36. The van der Waals surface area contributed by atoms with Gasteiger partial charge in [0.2, 0.25) is 5.91 Å². The summed E-state index contributed by atoms with van der Waals surface area (Å²) in [7, 11) is 0. The van der Waals surface area contributed by atoms with E-state index in [1.807, 2.05) is 56.3 Å². The van der Waals surface area contributed by atoms with Crippen LogP contribution >= 0.6 is 11.8 Å². The van der Waals surface area contributed by atoms with E-state index in [0.717, 1.165) is 22.3 Å². The molecule has 1 amide bonds. The van der Waals surface area contributed by atoms with Gasteiger partial charge in [-0.25, -0.2) is 4.98 Å². The van der Waals surface area contributed by atoms with E-state index in [2.05, 4.69) is 21.4 Å². The predicted molar refractivity (Wildman–Crippen MR) is 112 cm³/mol. The van der Waals surface area contributed by atoms with Crippen LogP contribution < -0.4 is 10.9 Å². The number of fused-ring (bicyclic) bond motifs is 1. The molecule has 3 aromatic rings. The molecule has 1 aliphatic heterocycles. The Balaban J connectivity index is 1.69. The highest BCUT2D eigenvalue weighted by atomic mass is 32.2. The molecular weight excluding hydrogens is 370 g/mol. The van der Waals surface area contributed by atoms with Gasteiger partial charge in [0.15, 0.2) is 5.16 Å². The lowest BCUT2D eigenvalue weighted by atomic mass is 9.84. The summed E-state index contributed by atoms with van der Waals surface area (Å²) >= 11 is 1.45. The zero-order chi connectivity index (χ0) is 19.7. The van der Waals surface area contributed by atoms with E-state index in [9.17, 15) is 9.59 Å². The molecule has 0 aliphatic carbocycles. The minimum Gasteiger partial charge on any atom is -0.310 e. The number of benzene rings is 2. The third kappa shape index (κ3) is 3.73. The smallest absolute Gasteiger partial charge is 0.257 e. The molecule has 0 unspecified atom stereocenters. The monoisotopic (exact) mass is 391 g/mol.